The van der Waals surface area contributed by atoms with Crippen molar-refractivity contribution < 1.29 is 17.3 Å². The number of rotatable bonds is 0. The molecule has 2 aliphatic rings. The number of hydrogen-bond acceptors (Lipinski definition) is 2. The Bertz CT molecular complexity index is 317. The highest BCUT2D eigenvalue weighted by atomic mass is 79.9. The second-order valence-electron chi connectivity index (χ2n) is 2.41. The van der Waals surface area contributed by atoms with Gasteiger partial charge >= 0.3 is 0 Å². The number of amidine groups is 1. The molecule has 0 bridgehead atoms. The summed E-state index contributed by atoms with van der Waals surface area (Å²) in [6.45, 7) is 1.98. The highest BCUT2D eigenvalue weighted by Gasteiger charge is 2.27. The molecule has 0 saturated carbocycles. The van der Waals surface area contributed by atoms with E-state index in [0.717, 1.165) is 21.0 Å². The van der Waals surface area contributed by atoms with Crippen molar-refractivity contribution in [1.82, 2.24) is 0 Å². The summed E-state index contributed by atoms with van der Waals surface area (Å²) in [4.78, 5) is 9.43. The van der Waals surface area contributed by atoms with Crippen LogP contribution in [0.4, 0.5) is 0 Å². The average Bonchev–Trinajstić information content (AvgIpc) is 2.30. The Morgan fingerprint density at radius 3 is 2.92 bits per heavy atom. The molecule has 5 heteroatoms. The lowest BCUT2D eigenvalue weighted by molar-refractivity contribution is -0.685. The zero-order valence-corrected chi connectivity index (χ0v) is 8.72. The molecule has 0 aromatic heterocycles. The molecule has 64 valence electrons. The van der Waals surface area contributed by atoms with Gasteiger partial charge in [-0.1, -0.05) is 0 Å². The number of nitrogens with one attached hydrogen (secondary N) is 1. The highest BCUT2D eigenvalue weighted by molar-refractivity contribution is 9.18. The number of fused-ring (bicyclic) bond motifs is 1. The van der Waals surface area contributed by atoms with Gasteiger partial charge in [-0.3, -0.25) is 4.99 Å². The lowest BCUT2D eigenvalue weighted by Gasteiger charge is -2.07. The largest absolute Gasteiger partial charge is 1.00 e. The van der Waals surface area contributed by atoms with E-state index in [4.69, 9.17) is 0 Å². The van der Waals surface area contributed by atoms with Gasteiger partial charge in [0.15, 0.2) is 5.70 Å². The van der Waals surface area contributed by atoms with Crippen molar-refractivity contribution in [2.24, 2.45) is 9.98 Å². The number of aliphatic imine (C=N–C) groups is 2. The van der Waals surface area contributed by atoms with Crippen LogP contribution in [0.1, 0.15) is 6.92 Å². The smallest absolute Gasteiger partial charge is 0.279 e. The zero-order valence-electron chi connectivity index (χ0n) is 6.38. The van der Waals surface area contributed by atoms with Crippen molar-refractivity contribution >= 4 is 26.9 Å². The minimum absolute atomic E-state index is 0. The normalized spacial score (nSPS) is 25.2. The maximum Gasteiger partial charge on any atom is 0.279 e. The molecule has 1 atom stereocenters. The van der Waals surface area contributed by atoms with Gasteiger partial charge in [0.1, 0.15) is 11.9 Å². The fraction of sp³-hybridized carbons (Fsp3) is 0.143. The Hall–Kier alpha value is -0.450. The molecule has 0 saturated heterocycles. The Balaban J connectivity index is 0.000000720. The van der Waals surface area contributed by atoms with Crippen LogP contribution in [0.2, 0.25) is 0 Å². The summed E-state index contributed by atoms with van der Waals surface area (Å²) in [5, 5.41) is 0. The van der Waals surface area contributed by atoms with Gasteiger partial charge in [-0.2, -0.15) is 4.99 Å². The third-order valence-electron chi connectivity index (χ3n) is 1.70. The van der Waals surface area contributed by atoms with Crippen LogP contribution in [0.25, 0.3) is 0 Å². The van der Waals surface area contributed by atoms with E-state index in [1.165, 1.54) is 0 Å². The Morgan fingerprint density at radius 2 is 2.25 bits per heavy atom. The van der Waals surface area contributed by atoms with Gasteiger partial charge < -0.3 is 12.4 Å². The molecule has 0 fully saturated rings. The summed E-state index contributed by atoms with van der Waals surface area (Å²) in [5.74, 6) is 0. The van der Waals surface area contributed by atoms with Gasteiger partial charge in [-0.15, -0.1) is 0 Å². The van der Waals surface area contributed by atoms with Crippen LogP contribution in [0, 0.1) is 0 Å². The van der Waals surface area contributed by atoms with E-state index in [9.17, 15) is 0 Å². The Labute approximate surface area is 85.1 Å². The quantitative estimate of drug-likeness (QED) is 0.457. The first-order valence-corrected chi connectivity index (χ1v) is 4.11. The predicted octanol–water partition coefficient (Wildman–Crippen LogP) is -2.57. The van der Waals surface area contributed by atoms with E-state index in [-0.39, 0.29) is 12.4 Å². The first-order valence-electron chi connectivity index (χ1n) is 3.31. The molecule has 0 radical (unpaired) electrons. The zero-order chi connectivity index (χ0) is 7.84. The topological polar surface area (TPSA) is 29.2 Å². The monoisotopic (exact) mass is 247 g/mol. The van der Waals surface area contributed by atoms with Crippen LogP contribution < -0.4 is 17.3 Å². The minimum atomic E-state index is 0. The van der Waals surface area contributed by atoms with Gasteiger partial charge in [0.2, 0.25) is 0 Å². The van der Waals surface area contributed by atoms with Crippen molar-refractivity contribution in [2.75, 3.05) is 0 Å². The number of hydrogen-bond donors (Lipinski definition) is 1. The molecule has 1 unspecified atom stereocenters. The standard InChI is InChI=1S/C7H6BrN3.ClH/c1-5-6-4-9-2-3-11(6)7(8)10-5;/h2-4H,1H3;1H. The average molecular weight is 249 g/mol. The SMILES string of the molecule is CC1=C2C=NC=C[NH+]2C(Br)=N1.[Cl-]. The fourth-order valence-electron chi connectivity index (χ4n) is 1.13. The number of allylic oxidation sites excluding steroid dienone is 2. The van der Waals surface area contributed by atoms with Crippen molar-refractivity contribution in [2.45, 2.75) is 6.92 Å². The summed E-state index contributed by atoms with van der Waals surface area (Å²) >= 11 is 3.38. The van der Waals surface area contributed by atoms with E-state index >= 15 is 0 Å². The summed E-state index contributed by atoms with van der Waals surface area (Å²) in [7, 11) is 0. The van der Waals surface area contributed by atoms with Crippen LogP contribution in [0.3, 0.4) is 0 Å². The van der Waals surface area contributed by atoms with E-state index in [1.807, 2.05) is 19.3 Å². The molecule has 0 aromatic rings. The van der Waals surface area contributed by atoms with Gasteiger partial charge in [-0.05, 0) is 6.92 Å². The maximum atomic E-state index is 4.27. The van der Waals surface area contributed by atoms with Crippen LogP contribution in [0.5, 0.6) is 0 Å². The second kappa shape index (κ2) is 3.51. The third-order valence-corrected chi connectivity index (χ3v) is 2.30. The number of nitrogens with zero attached hydrogens (tertiary/aromatic N) is 2. The molecule has 2 heterocycles. The van der Waals surface area contributed by atoms with E-state index in [2.05, 4.69) is 25.9 Å². The van der Waals surface area contributed by atoms with Crippen LogP contribution in [0.15, 0.2) is 33.8 Å². The Morgan fingerprint density at radius 1 is 1.50 bits per heavy atom. The molecular formula is C7H7BrClN3. The minimum Gasteiger partial charge on any atom is -1.00 e. The fourth-order valence-corrected chi connectivity index (χ4v) is 1.74. The van der Waals surface area contributed by atoms with E-state index < -0.39 is 0 Å². The lowest BCUT2D eigenvalue weighted by atomic mass is 10.3. The van der Waals surface area contributed by atoms with Crippen molar-refractivity contribution in [3.63, 3.8) is 0 Å². The molecule has 3 nitrogen and oxygen atoms in total. The lowest BCUT2D eigenvalue weighted by Crippen LogP contribution is -3.07. The van der Waals surface area contributed by atoms with Crippen LogP contribution in [-0.4, -0.2) is 11.0 Å². The van der Waals surface area contributed by atoms with Crippen molar-refractivity contribution in [3.8, 4) is 0 Å². The molecule has 0 aromatic carbocycles. The number of quaternary nitrogens is 1. The highest BCUT2D eigenvalue weighted by Crippen LogP contribution is 2.07. The summed E-state index contributed by atoms with van der Waals surface area (Å²) < 4.78 is 0.910. The molecule has 0 spiro atoms. The Kier molecular flexibility index (Phi) is 2.82. The van der Waals surface area contributed by atoms with Crippen LogP contribution in [-0.2, 0) is 0 Å². The molecular weight excluding hydrogens is 241 g/mol. The summed E-state index contributed by atoms with van der Waals surface area (Å²) in [5.41, 5.74) is 2.15. The summed E-state index contributed by atoms with van der Waals surface area (Å²) in [6, 6.07) is 0. The maximum absolute atomic E-state index is 4.27. The van der Waals surface area contributed by atoms with Gasteiger partial charge in [0.25, 0.3) is 4.74 Å². The molecule has 12 heavy (non-hydrogen) atoms. The van der Waals surface area contributed by atoms with Gasteiger partial charge in [0.05, 0.1) is 12.4 Å². The van der Waals surface area contributed by atoms with Gasteiger partial charge in [0, 0.05) is 15.9 Å². The molecule has 2 aliphatic heterocycles. The number of halogens is 2. The van der Waals surface area contributed by atoms with Crippen molar-refractivity contribution in [1.29, 1.82) is 0 Å². The predicted molar refractivity (Wildman–Crippen MR) is 47.7 cm³/mol. The van der Waals surface area contributed by atoms with E-state index in [0.29, 0.717) is 0 Å². The second-order valence-corrected chi connectivity index (χ2v) is 3.16. The first kappa shape index (κ1) is 9.64. The van der Waals surface area contributed by atoms with Gasteiger partial charge in [-0.25, -0.2) is 4.90 Å². The third kappa shape index (κ3) is 1.37. The first-order chi connectivity index (χ1) is 5.29. The molecule has 0 aliphatic carbocycles. The molecule has 2 rings (SSSR count). The van der Waals surface area contributed by atoms with Crippen LogP contribution >= 0.6 is 15.9 Å². The van der Waals surface area contributed by atoms with Crippen molar-refractivity contribution in [3.05, 3.63) is 23.8 Å². The molecule has 1 N–H and O–H groups in total. The molecule has 0 amide bonds. The summed E-state index contributed by atoms with van der Waals surface area (Å²) in [6.07, 6.45) is 5.57. The van der Waals surface area contributed by atoms with E-state index in [1.54, 1.807) is 6.20 Å².